The molecule has 0 atom stereocenters. The van der Waals surface area contributed by atoms with Gasteiger partial charge < -0.3 is 25.0 Å². The highest BCUT2D eigenvalue weighted by Gasteiger charge is 2.21. The number of aromatic hydroxyl groups is 2. The SMILES string of the molecule is Oc1ccc2cc(-c3ccccc3)ccc2c1-c1c(OCCNCCOc2ccc3cc(-c4ccccc4)ccc3c2-c2c(O)ccc3cc(-c4ccccc4)ccc23)ccc2cc(-c3ccccc3)ccc12. The van der Waals surface area contributed by atoms with Crippen molar-refractivity contribution in [2.45, 2.75) is 0 Å². The average Bonchev–Trinajstić information content (AvgIpc) is 3.45. The highest BCUT2D eigenvalue weighted by molar-refractivity contribution is 6.12. The second-order valence-corrected chi connectivity index (χ2v) is 18.5. The van der Waals surface area contributed by atoms with Crippen LogP contribution in [0.2, 0.25) is 0 Å². The molecule has 73 heavy (non-hydrogen) atoms. The molecule has 0 aliphatic rings. The van der Waals surface area contributed by atoms with Crippen LogP contribution in [0.25, 0.3) is 110 Å². The molecule has 0 radical (unpaired) electrons. The number of ether oxygens (including phenoxy) is 2. The second kappa shape index (κ2) is 19.9. The minimum atomic E-state index is 0.193. The largest absolute Gasteiger partial charge is 0.507 e. The number of hydrogen-bond acceptors (Lipinski definition) is 5. The lowest BCUT2D eigenvalue weighted by molar-refractivity contribution is 0.290. The Balaban J connectivity index is 0.822. The maximum atomic E-state index is 11.8. The fourth-order valence-corrected chi connectivity index (χ4v) is 10.4. The monoisotopic (exact) mass is 945 g/mol. The van der Waals surface area contributed by atoms with Gasteiger partial charge in [-0.05, 0) is 136 Å². The van der Waals surface area contributed by atoms with Crippen LogP contribution < -0.4 is 14.8 Å². The van der Waals surface area contributed by atoms with E-state index in [9.17, 15) is 10.2 Å². The maximum Gasteiger partial charge on any atom is 0.127 e. The van der Waals surface area contributed by atoms with Crippen molar-refractivity contribution < 1.29 is 19.7 Å². The Morgan fingerprint density at radius 3 is 0.877 bits per heavy atom. The summed E-state index contributed by atoms with van der Waals surface area (Å²) in [5.41, 5.74) is 12.2. The lowest BCUT2D eigenvalue weighted by Crippen LogP contribution is -2.26. The molecule has 0 fully saturated rings. The van der Waals surface area contributed by atoms with Gasteiger partial charge in [0.2, 0.25) is 0 Å². The lowest BCUT2D eigenvalue weighted by Gasteiger charge is -2.19. The Morgan fingerprint density at radius 1 is 0.274 bits per heavy atom. The number of fused-ring (bicyclic) bond motifs is 4. The molecule has 12 aromatic carbocycles. The number of hydrogen-bond donors (Lipinski definition) is 3. The van der Waals surface area contributed by atoms with Crippen molar-refractivity contribution in [3.63, 3.8) is 0 Å². The molecule has 5 nitrogen and oxygen atoms in total. The summed E-state index contributed by atoms with van der Waals surface area (Å²) in [4.78, 5) is 0. The number of rotatable bonds is 14. The van der Waals surface area contributed by atoms with Gasteiger partial charge in [0.25, 0.3) is 0 Å². The van der Waals surface area contributed by atoms with E-state index in [0.29, 0.717) is 37.8 Å². The second-order valence-electron chi connectivity index (χ2n) is 18.5. The molecule has 12 aromatic rings. The fourth-order valence-electron chi connectivity index (χ4n) is 10.4. The molecule has 12 rings (SSSR count). The van der Waals surface area contributed by atoms with Crippen LogP contribution in [0.5, 0.6) is 23.0 Å². The third-order valence-electron chi connectivity index (χ3n) is 14.0. The van der Waals surface area contributed by atoms with Crippen molar-refractivity contribution in [3.8, 4) is 89.8 Å². The van der Waals surface area contributed by atoms with Gasteiger partial charge in [-0.1, -0.05) is 194 Å². The van der Waals surface area contributed by atoms with Gasteiger partial charge in [0, 0.05) is 35.3 Å². The Hall–Kier alpha value is -9.16. The Kier molecular flexibility index (Phi) is 12.3. The average molecular weight is 946 g/mol. The molecule has 352 valence electrons. The molecular weight excluding hydrogens is 895 g/mol. The van der Waals surface area contributed by atoms with Crippen LogP contribution in [0.15, 0.2) is 243 Å². The number of benzene rings is 12. The van der Waals surface area contributed by atoms with Crippen molar-refractivity contribution in [2.24, 2.45) is 0 Å². The van der Waals surface area contributed by atoms with Crippen LogP contribution in [-0.4, -0.2) is 36.5 Å². The van der Waals surface area contributed by atoms with E-state index in [-0.39, 0.29) is 11.5 Å². The summed E-state index contributed by atoms with van der Waals surface area (Å²) >= 11 is 0. The number of nitrogens with one attached hydrogen (secondary N) is 1. The van der Waals surface area contributed by atoms with Crippen LogP contribution in [-0.2, 0) is 0 Å². The lowest BCUT2D eigenvalue weighted by atomic mass is 9.90. The Bertz CT molecular complexity index is 3690. The van der Waals surface area contributed by atoms with Gasteiger partial charge in [-0.15, -0.1) is 0 Å². The van der Waals surface area contributed by atoms with Crippen LogP contribution in [0, 0.1) is 0 Å². The summed E-state index contributed by atoms with van der Waals surface area (Å²) in [5.74, 6) is 1.77. The molecule has 0 saturated carbocycles. The third-order valence-corrected chi connectivity index (χ3v) is 14.0. The van der Waals surface area contributed by atoms with Gasteiger partial charge in [-0.2, -0.15) is 0 Å². The van der Waals surface area contributed by atoms with Crippen molar-refractivity contribution in [2.75, 3.05) is 26.3 Å². The molecule has 0 heterocycles. The molecule has 0 spiro atoms. The minimum absolute atomic E-state index is 0.193. The smallest absolute Gasteiger partial charge is 0.127 e. The number of phenols is 2. The zero-order valence-corrected chi connectivity index (χ0v) is 40.1. The van der Waals surface area contributed by atoms with Gasteiger partial charge >= 0.3 is 0 Å². The molecule has 0 bridgehead atoms. The van der Waals surface area contributed by atoms with Crippen LogP contribution in [0.4, 0.5) is 0 Å². The van der Waals surface area contributed by atoms with E-state index < -0.39 is 0 Å². The van der Waals surface area contributed by atoms with Gasteiger partial charge in [-0.3, -0.25) is 0 Å². The minimum Gasteiger partial charge on any atom is -0.507 e. The summed E-state index contributed by atoms with van der Waals surface area (Å²) in [6, 6.07) is 83.2. The van der Waals surface area contributed by atoms with E-state index in [0.717, 1.165) is 110 Å². The fraction of sp³-hybridized carbons (Fsp3) is 0.0588. The quantitative estimate of drug-likeness (QED) is 0.0948. The standard InChI is InChI=1S/C68H51NO4/c70-61-33-25-53-41-49(45-13-5-1-6-14-45)21-29-57(53)65(61)67-59-31-23-51(47-17-9-3-10-18-47)43-55(59)27-35-63(67)72-39-37-69-38-40-73-64-36-28-56-44-52(48-19-11-4-12-20-48)24-32-60(56)68(64)66-58-30-22-50(46-15-7-2-8-16-46)42-54(58)26-34-62(66)71/h1-36,41-44,69-71H,37-40H2. The van der Waals surface area contributed by atoms with Crippen LogP contribution in [0.3, 0.4) is 0 Å². The summed E-state index contributed by atoms with van der Waals surface area (Å²) in [7, 11) is 0. The first-order chi connectivity index (χ1) is 36.0. The molecular formula is C68H51NO4. The molecule has 0 aromatic heterocycles. The predicted molar refractivity (Wildman–Crippen MR) is 303 cm³/mol. The van der Waals surface area contributed by atoms with E-state index >= 15 is 0 Å². The Labute approximate surface area is 424 Å². The van der Waals surface area contributed by atoms with E-state index in [1.165, 1.54) is 0 Å². The zero-order chi connectivity index (χ0) is 49.1. The van der Waals surface area contributed by atoms with Gasteiger partial charge in [-0.25, -0.2) is 0 Å². The predicted octanol–water partition coefficient (Wildman–Crippen LogP) is 16.8. The maximum absolute atomic E-state index is 11.8. The molecule has 0 amide bonds. The molecule has 0 aliphatic carbocycles. The highest BCUT2D eigenvalue weighted by atomic mass is 16.5. The molecule has 0 saturated heterocycles. The normalized spacial score (nSPS) is 11.4. The summed E-state index contributed by atoms with van der Waals surface area (Å²) in [6.07, 6.45) is 0. The number of phenolic OH excluding ortho intramolecular Hbond substituents is 2. The molecule has 5 heteroatoms. The third kappa shape index (κ3) is 8.99. The topological polar surface area (TPSA) is 71.0 Å². The van der Waals surface area contributed by atoms with Crippen molar-refractivity contribution >= 4 is 43.1 Å². The van der Waals surface area contributed by atoms with Gasteiger partial charge in [0.1, 0.15) is 36.2 Å². The van der Waals surface area contributed by atoms with Crippen LogP contribution in [0.1, 0.15) is 0 Å². The Morgan fingerprint density at radius 2 is 0.562 bits per heavy atom. The summed E-state index contributed by atoms with van der Waals surface area (Å²) in [6.45, 7) is 1.86. The van der Waals surface area contributed by atoms with E-state index in [1.807, 2.05) is 48.5 Å². The first-order valence-corrected chi connectivity index (χ1v) is 24.9. The van der Waals surface area contributed by atoms with E-state index in [1.54, 1.807) is 12.1 Å². The molecule has 0 unspecified atom stereocenters. The van der Waals surface area contributed by atoms with E-state index in [2.05, 4.69) is 187 Å². The van der Waals surface area contributed by atoms with Gasteiger partial charge in [0.05, 0.1) is 0 Å². The molecule has 0 aliphatic heterocycles. The van der Waals surface area contributed by atoms with Crippen molar-refractivity contribution in [1.82, 2.24) is 5.32 Å². The first kappa shape index (κ1) is 45.0. The van der Waals surface area contributed by atoms with Gasteiger partial charge in [0.15, 0.2) is 0 Å². The van der Waals surface area contributed by atoms with Crippen molar-refractivity contribution in [3.05, 3.63) is 243 Å². The van der Waals surface area contributed by atoms with E-state index in [4.69, 9.17) is 9.47 Å². The summed E-state index contributed by atoms with van der Waals surface area (Å²) in [5, 5.41) is 35.1. The summed E-state index contributed by atoms with van der Waals surface area (Å²) < 4.78 is 13.4. The van der Waals surface area contributed by atoms with Crippen molar-refractivity contribution in [1.29, 1.82) is 0 Å². The zero-order valence-electron chi connectivity index (χ0n) is 40.1. The van der Waals surface area contributed by atoms with Crippen LogP contribution >= 0.6 is 0 Å². The molecule has 3 N–H and O–H groups in total. The first-order valence-electron chi connectivity index (χ1n) is 24.9. The highest BCUT2D eigenvalue weighted by Crippen LogP contribution is 2.48.